The Bertz CT molecular complexity index is 962. The highest BCUT2D eigenvalue weighted by molar-refractivity contribution is 7.22. The third-order valence-corrected chi connectivity index (χ3v) is 5.85. The summed E-state index contributed by atoms with van der Waals surface area (Å²) in [5, 5.41) is 7.84. The summed E-state index contributed by atoms with van der Waals surface area (Å²) in [6.45, 7) is 1.96. The molecule has 6 N–H and O–H groups in total. The number of piperidine rings is 1. The molecule has 3 heterocycles. The number of rotatable bonds is 4. The molecule has 1 aliphatic rings. The van der Waals surface area contributed by atoms with Gasteiger partial charge in [-0.05, 0) is 43.1 Å². The molecule has 3 aromatic rings. The van der Waals surface area contributed by atoms with E-state index in [1.54, 1.807) is 6.20 Å². The molecule has 0 bridgehead atoms. The van der Waals surface area contributed by atoms with E-state index in [1.807, 2.05) is 24.3 Å². The maximum atomic E-state index is 11.9. The van der Waals surface area contributed by atoms with E-state index in [2.05, 4.69) is 21.7 Å². The van der Waals surface area contributed by atoms with Crippen LogP contribution in [0.4, 0.5) is 11.5 Å². The number of thiophene rings is 1. The van der Waals surface area contributed by atoms with E-state index in [0.717, 1.165) is 52.3 Å². The third-order valence-electron chi connectivity index (χ3n) is 4.63. The molecule has 4 rings (SSSR count). The number of nitrogens with one attached hydrogen (secondary N) is 2. The van der Waals surface area contributed by atoms with Gasteiger partial charge in [0.2, 0.25) is 0 Å². The van der Waals surface area contributed by atoms with E-state index in [-0.39, 0.29) is 0 Å². The summed E-state index contributed by atoms with van der Waals surface area (Å²) in [7, 11) is 0. The Hall–Kier alpha value is -2.64. The second-order valence-electron chi connectivity index (χ2n) is 6.55. The first-order valence-electron chi connectivity index (χ1n) is 8.67. The molecule has 0 radical (unpaired) electrons. The molecule has 0 saturated carbocycles. The number of carbonyl (C=O) groups is 1. The molecule has 26 heavy (non-hydrogen) atoms. The summed E-state index contributed by atoms with van der Waals surface area (Å²) in [6.07, 6.45) is 3.81. The van der Waals surface area contributed by atoms with Gasteiger partial charge >= 0.3 is 0 Å². The number of nitrogen functional groups attached to an aromatic ring is 1. The summed E-state index contributed by atoms with van der Waals surface area (Å²) in [5.41, 5.74) is 13.7. The molecule has 2 aromatic heterocycles. The highest BCUT2D eigenvalue weighted by Gasteiger charge is 2.19. The molecule has 1 amide bonds. The lowest BCUT2D eigenvalue weighted by atomic mass is 10.1. The molecular formula is C19H21N5OS. The number of hydrogen-bond acceptors (Lipinski definition) is 6. The van der Waals surface area contributed by atoms with Gasteiger partial charge in [0.1, 0.15) is 5.82 Å². The van der Waals surface area contributed by atoms with Gasteiger partial charge in [-0.15, -0.1) is 11.3 Å². The minimum atomic E-state index is -0.464. The van der Waals surface area contributed by atoms with Crippen molar-refractivity contribution in [1.82, 2.24) is 10.3 Å². The monoisotopic (exact) mass is 367 g/mol. The van der Waals surface area contributed by atoms with Crippen LogP contribution in [0.15, 0.2) is 36.5 Å². The van der Waals surface area contributed by atoms with Crippen LogP contribution in [0.5, 0.6) is 0 Å². The molecule has 134 valence electrons. The van der Waals surface area contributed by atoms with Crippen LogP contribution in [0.2, 0.25) is 0 Å². The number of aromatic nitrogens is 1. The Kier molecular flexibility index (Phi) is 4.48. The maximum Gasteiger partial charge on any atom is 0.251 e. The SMILES string of the molecule is NC(=O)c1cnc(N[C@H]2CCCNC2)c2cc(-c3cccc(N)c3)sc12. The fourth-order valence-corrected chi connectivity index (χ4v) is 4.49. The Morgan fingerprint density at radius 1 is 1.35 bits per heavy atom. The van der Waals surface area contributed by atoms with Gasteiger partial charge < -0.3 is 22.1 Å². The van der Waals surface area contributed by atoms with E-state index in [0.29, 0.717) is 17.3 Å². The number of primary amides is 1. The first-order valence-corrected chi connectivity index (χ1v) is 9.49. The quantitative estimate of drug-likeness (QED) is 0.531. The third kappa shape index (κ3) is 3.23. The summed E-state index contributed by atoms with van der Waals surface area (Å²) in [4.78, 5) is 17.4. The summed E-state index contributed by atoms with van der Waals surface area (Å²) in [6, 6.07) is 10.1. The highest BCUT2D eigenvalue weighted by atomic mass is 32.1. The van der Waals surface area contributed by atoms with E-state index >= 15 is 0 Å². The number of amides is 1. The molecule has 0 unspecified atom stereocenters. The average molecular weight is 367 g/mol. The molecule has 1 atom stereocenters. The predicted octanol–water partition coefficient (Wildman–Crippen LogP) is 2.81. The first kappa shape index (κ1) is 16.8. The highest BCUT2D eigenvalue weighted by Crippen LogP contribution is 2.38. The van der Waals surface area contributed by atoms with Crippen molar-refractivity contribution in [3.05, 3.63) is 42.1 Å². The van der Waals surface area contributed by atoms with Crippen molar-refractivity contribution in [3.63, 3.8) is 0 Å². The van der Waals surface area contributed by atoms with Crippen molar-refractivity contribution in [2.75, 3.05) is 24.1 Å². The van der Waals surface area contributed by atoms with Crippen LogP contribution in [0.25, 0.3) is 20.5 Å². The topological polar surface area (TPSA) is 106 Å². The number of nitrogens with two attached hydrogens (primary N) is 2. The van der Waals surface area contributed by atoms with Gasteiger partial charge in [-0.1, -0.05) is 12.1 Å². The standard InChI is InChI=1S/C19H21N5OS/c20-12-4-1-3-11(7-12)16-8-14-17(26-16)15(18(21)25)10-23-19(14)24-13-5-2-6-22-9-13/h1,3-4,7-8,10,13,22H,2,5-6,9,20H2,(H2,21,25)(H,23,24)/t13-/m0/s1. The minimum absolute atomic E-state index is 0.328. The van der Waals surface area contributed by atoms with Crippen molar-refractivity contribution in [2.45, 2.75) is 18.9 Å². The van der Waals surface area contributed by atoms with Crippen molar-refractivity contribution >= 4 is 38.8 Å². The number of pyridine rings is 1. The molecule has 1 aromatic carbocycles. The number of nitrogens with zero attached hydrogens (tertiary/aromatic N) is 1. The summed E-state index contributed by atoms with van der Waals surface area (Å²) in [5.74, 6) is 0.333. The van der Waals surface area contributed by atoms with Gasteiger partial charge in [0, 0.05) is 34.7 Å². The Morgan fingerprint density at radius 3 is 2.96 bits per heavy atom. The van der Waals surface area contributed by atoms with Crippen LogP contribution in [0.3, 0.4) is 0 Å². The van der Waals surface area contributed by atoms with Crippen molar-refractivity contribution in [1.29, 1.82) is 0 Å². The molecule has 7 heteroatoms. The Balaban J connectivity index is 1.80. The normalized spacial score (nSPS) is 17.3. The predicted molar refractivity (Wildman–Crippen MR) is 108 cm³/mol. The van der Waals surface area contributed by atoms with Gasteiger partial charge in [0.25, 0.3) is 5.91 Å². The second-order valence-corrected chi connectivity index (χ2v) is 7.60. The fourth-order valence-electron chi connectivity index (χ4n) is 3.32. The van der Waals surface area contributed by atoms with Crippen molar-refractivity contribution in [2.24, 2.45) is 5.73 Å². The van der Waals surface area contributed by atoms with Crippen LogP contribution in [-0.4, -0.2) is 30.0 Å². The molecule has 1 aliphatic heterocycles. The molecular weight excluding hydrogens is 346 g/mol. The van der Waals surface area contributed by atoms with Gasteiger partial charge in [-0.25, -0.2) is 4.98 Å². The van der Waals surface area contributed by atoms with Crippen molar-refractivity contribution < 1.29 is 4.79 Å². The van der Waals surface area contributed by atoms with Gasteiger partial charge in [-0.3, -0.25) is 4.79 Å². The zero-order valence-corrected chi connectivity index (χ0v) is 15.1. The van der Waals surface area contributed by atoms with Gasteiger partial charge in [-0.2, -0.15) is 0 Å². The smallest absolute Gasteiger partial charge is 0.251 e. The average Bonchev–Trinajstić information content (AvgIpc) is 3.08. The van der Waals surface area contributed by atoms with Crippen LogP contribution in [-0.2, 0) is 0 Å². The van der Waals surface area contributed by atoms with E-state index < -0.39 is 5.91 Å². The number of benzene rings is 1. The molecule has 1 fully saturated rings. The lowest BCUT2D eigenvalue weighted by Gasteiger charge is -2.24. The Labute approximate surface area is 155 Å². The zero-order chi connectivity index (χ0) is 18.1. The molecule has 6 nitrogen and oxygen atoms in total. The summed E-state index contributed by atoms with van der Waals surface area (Å²) >= 11 is 1.54. The van der Waals surface area contributed by atoms with Gasteiger partial charge in [0.05, 0.1) is 10.3 Å². The fraction of sp³-hybridized carbons (Fsp3) is 0.263. The number of hydrogen-bond donors (Lipinski definition) is 4. The first-order chi connectivity index (χ1) is 12.6. The maximum absolute atomic E-state index is 11.9. The van der Waals surface area contributed by atoms with E-state index in [1.165, 1.54) is 11.3 Å². The molecule has 0 spiro atoms. The zero-order valence-electron chi connectivity index (χ0n) is 14.3. The van der Waals surface area contributed by atoms with E-state index in [4.69, 9.17) is 11.5 Å². The van der Waals surface area contributed by atoms with Crippen LogP contribution in [0.1, 0.15) is 23.2 Å². The van der Waals surface area contributed by atoms with Crippen LogP contribution >= 0.6 is 11.3 Å². The number of fused-ring (bicyclic) bond motifs is 1. The lowest BCUT2D eigenvalue weighted by Crippen LogP contribution is -2.38. The van der Waals surface area contributed by atoms with Gasteiger partial charge in [0.15, 0.2) is 0 Å². The largest absolute Gasteiger partial charge is 0.399 e. The van der Waals surface area contributed by atoms with Crippen LogP contribution < -0.4 is 22.1 Å². The van der Waals surface area contributed by atoms with Crippen molar-refractivity contribution in [3.8, 4) is 10.4 Å². The van der Waals surface area contributed by atoms with Crippen LogP contribution in [0, 0.1) is 0 Å². The molecule has 1 saturated heterocycles. The Morgan fingerprint density at radius 2 is 2.23 bits per heavy atom. The number of carbonyl (C=O) groups excluding carboxylic acids is 1. The summed E-state index contributed by atoms with van der Waals surface area (Å²) < 4.78 is 0.858. The molecule has 0 aliphatic carbocycles. The van der Waals surface area contributed by atoms with E-state index in [9.17, 15) is 4.79 Å². The minimum Gasteiger partial charge on any atom is -0.399 e. The number of anilines is 2. The lowest BCUT2D eigenvalue weighted by molar-refractivity contribution is 0.100. The second kappa shape index (κ2) is 6.93.